The third kappa shape index (κ3) is 4.21. The van der Waals surface area contributed by atoms with Crippen molar-refractivity contribution in [1.29, 1.82) is 0 Å². The predicted molar refractivity (Wildman–Crippen MR) is 59.7 cm³/mol. The lowest BCUT2D eigenvalue weighted by Crippen LogP contribution is -2.01. The zero-order valence-electron chi connectivity index (χ0n) is 9.58. The van der Waals surface area contributed by atoms with Crippen molar-refractivity contribution >= 4 is 0 Å². The molecule has 15 heavy (non-hydrogen) atoms. The molecule has 0 fully saturated rings. The van der Waals surface area contributed by atoms with Gasteiger partial charge in [-0.05, 0) is 24.6 Å². The minimum atomic E-state index is 0.667. The van der Waals surface area contributed by atoms with Crippen LogP contribution in [0.5, 0.6) is 11.5 Å². The average molecular weight is 210 g/mol. The molecular weight excluding hydrogens is 192 g/mol. The van der Waals surface area contributed by atoms with Crippen molar-refractivity contribution in [3.8, 4) is 11.5 Å². The normalized spacial score (nSPS) is 10.1. The molecule has 0 unspecified atom stereocenters. The van der Waals surface area contributed by atoms with Gasteiger partial charge in [0.2, 0.25) is 0 Å². The summed E-state index contributed by atoms with van der Waals surface area (Å²) in [6, 6.07) is 5.86. The molecule has 0 spiro atoms. The first kappa shape index (κ1) is 11.9. The highest BCUT2D eigenvalue weighted by atomic mass is 16.5. The molecule has 0 amide bonds. The Hall–Kier alpha value is -1.22. The molecule has 0 heterocycles. The largest absolute Gasteiger partial charge is 0.497 e. The minimum absolute atomic E-state index is 0.667. The van der Waals surface area contributed by atoms with Crippen LogP contribution in [-0.2, 0) is 4.74 Å². The van der Waals surface area contributed by atoms with Gasteiger partial charge in [-0.1, -0.05) is 0 Å². The molecule has 1 rings (SSSR count). The second-order valence-corrected chi connectivity index (χ2v) is 3.38. The van der Waals surface area contributed by atoms with Gasteiger partial charge >= 0.3 is 0 Å². The van der Waals surface area contributed by atoms with Gasteiger partial charge in [0.05, 0.1) is 13.7 Å². The summed E-state index contributed by atoms with van der Waals surface area (Å²) in [6.07, 6.45) is 0.896. The SMILES string of the molecule is COCCCOc1cc(C)cc(OC)c1. The summed E-state index contributed by atoms with van der Waals surface area (Å²) < 4.78 is 15.7. The monoisotopic (exact) mass is 210 g/mol. The topological polar surface area (TPSA) is 27.7 Å². The number of ether oxygens (including phenoxy) is 3. The molecule has 3 nitrogen and oxygen atoms in total. The molecule has 0 saturated carbocycles. The van der Waals surface area contributed by atoms with Crippen LogP contribution in [-0.4, -0.2) is 27.4 Å². The van der Waals surface area contributed by atoms with Crippen LogP contribution in [0.2, 0.25) is 0 Å². The highest BCUT2D eigenvalue weighted by molar-refractivity contribution is 5.37. The van der Waals surface area contributed by atoms with Crippen molar-refractivity contribution in [3.05, 3.63) is 23.8 Å². The van der Waals surface area contributed by atoms with Gasteiger partial charge in [-0.2, -0.15) is 0 Å². The third-order valence-corrected chi connectivity index (χ3v) is 2.02. The van der Waals surface area contributed by atoms with E-state index in [9.17, 15) is 0 Å². The van der Waals surface area contributed by atoms with Crippen LogP contribution >= 0.6 is 0 Å². The number of aryl methyl sites for hydroxylation is 1. The number of hydrogen-bond acceptors (Lipinski definition) is 3. The fourth-order valence-corrected chi connectivity index (χ4v) is 1.31. The zero-order valence-corrected chi connectivity index (χ0v) is 9.58. The van der Waals surface area contributed by atoms with Gasteiger partial charge in [-0.25, -0.2) is 0 Å². The molecule has 0 saturated heterocycles. The highest BCUT2D eigenvalue weighted by Crippen LogP contribution is 2.22. The van der Waals surface area contributed by atoms with Crippen molar-refractivity contribution in [2.75, 3.05) is 27.4 Å². The van der Waals surface area contributed by atoms with Gasteiger partial charge in [-0.3, -0.25) is 0 Å². The van der Waals surface area contributed by atoms with Crippen LogP contribution < -0.4 is 9.47 Å². The molecule has 84 valence electrons. The van der Waals surface area contributed by atoms with Crippen LogP contribution in [0.25, 0.3) is 0 Å². The fourth-order valence-electron chi connectivity index (χ4n) is 1.31. The summed E-state index contributed by atoms with van der Waals surface area (Å²) in [6.45, 7) is 3.41. The fraction of sp³-hybridized carbons (Fsp3) is 0.500. The Morgan fingerprint density at radius 3 is 2.40 bits per heavy atom. The van der Waals surface area contributed by atoms with Gasteiger partial charge in [-0.15, -0.1) is 0 Å². The van der Waals surface area contributed by atoms with E-state index in [2.05, 4.69) is 0 Å². The lowest BCUT2D eigenvalue weighted by atomic mass is 10.2. The molecule has 0 aliphatic heterocycles. The lowest BCUT2D eigenvalue weighted by molar-refractivity contribution is 0.172. The molecule has 1 aromatic carbocycles. The van der Waals surface area contributed by atoms with E-state index in [1.54, 1.807) is 14.2 Å². The summed E-state index contributed by atoms with van der Waals surface area (Å²) in [7, 11) is 3.35. The van der Waals surface area contributed by atoms with E-state index in [1.165, 1.54) is 0 Å². The summed E-state index contributed by atoms with van der Waals surface area (Å²) >= 11 is 0. The van der Waals surface area contributed by atoms with Crippen LogP contribution in [0.3, 0.4) is 0 Å². The van der Waals surface area contributed by atoms with E-state index in [1.807, 2.05) is 25.1 Å². The van der Waals surface area contributed by atoms with E-state index in [0.717, 1.165) is 30.1 Å². The van der Waals surface area contributed by atoms with Crippen LogP contribution in [0.15, 0.2) is 18.2 Å². The minimum Gasteiger partial charge on any atom is -0.497 e. The Kier molecular flexibility index (Phi) is 4.98. The second-order valence-electron chi connectivity index (χ2n) is 3.38. The molecule has 0 aliphatic rings. The molecular formula is C12H18O3. The summed E-state index contributed by atoms with van der Waals surface area (Å²) in [5.74, 6) is 1.68. The number of methoxy groups -OCH3 is 2. The maximum absolute atomic E-state index is 5.57. The first-order valence-corrected chi connectivity index (χ1v) is 5.03. The van der Waals surface area contributed by atoms with Gasteiger partial charge in [0.1, 0.15) is 11.5 Å². The van der Waals surface area contributed by atoms with E-state index in [0.29, 0.717) is 6.61 Å². The molecule has 0 aliphatic carbocycles. The number of hydrogen-bond donors (Lipinski definition) is 0. The van der Waals surface area contributed by atoms with E-state index in [4.69, 9.17) is 14.2 Å². The Bertz CT molecular complexity index is 297. The van der Waals surface area contributed by atoms with Crippen molar-refractivity contribution in [3.63, 3.8) is 0 Å². The summed E-state index contributed by atoms with van der Waals surface area (Å²) in [5, 5.41) is 0. The van der Waals surface area contributed by atoms with Gasteiger partial charge in [0.15, 0.2) is 0 Å². The smallest absolute Gasteiger partial charge is 0.123 e. The van der Waals surface area contributed by atoms with Crippen LogP contribution in [0.4, 0.5) is 0 Å². The van der Waals surface area contributed by atoms with Crippen LogP contribution in [0.1, 0.15) is 12.0 Å². The molecule has 0 aromatic heterocycles. The number of benzene rings is 1. The quantitative estimate of drug-likeness (QED) is 0.675. The highest BCUT2D eigenvalue weighted by Gasteiger charge is 1.99. The van der Waals surface area contributed by atoms with E-state index >= 15 is 0 Å². The lowest BCUT2D eigenvalue weighted by Gasteiger charge is -2.08. The van der Waals surface area contributed by atoms with Crippen molar-refractivity contribution in [2.45, 2.75) is 13.3 Å². The summed E-state index contributed by atoms with van der Waals surface area (Å²) in [5.41, 5.74) is 1.14. The Labute approximate surface area is 91.0 Å². The Balaban J connectivity index is 2.49. The molecule has 0 atom stereocenters. The Morgan fingerprint density at radius 1 is 1.00 bits per heavy atom. The number of rotatable bonds is 6. The first-order chi connectivity index (χ1) is 7.26. The summed E-state index contributed by atoms with van der Waals surface area (Å²) in [4.78, 5) is 0. The van der Waals surface area contributed by atoms with E-state index in [-0.39, 0.29) is 0 Å². The van der Waals surface area contributed by atoms with Crippen LogP contribution in [0, 0.1) is 6.92 Å². The van der Waals surface area contributed by atoms with Gasteiger partial charge in [0, 0.05) is 26.2 Å². The standard InChI is InChI=1S/C12H18O3/c1-10-7-11(14-3)9-12(8-10)15-6-4-5-13-2/h7-9H,4-6H2,1-3H3. The Morgan fingerprint density at radius 2 is 1.73 bits per heavy atom. The second kappa shape index (κ2) is 6.30. The van der Waals surface area contributed by atoms with Gasteiger partial charge in [0.25, 0.3) is 0 Å². The maximum Gasteiger partial charge on any atom is 0.123 e. The zero-order chi connectivity index (χ0) is 11.1. The molecule has 0 radical (unpaired) electrons. The maximum atomic E-state index is 5.57. The predicted octanol–water partition coefficient (Wildman–Crippen LogP) is 2.42. The molecule has 1 aromatic rings. The molecule has 3 heteroatoms. The van der Waals surface area contributed by atoms with Crippen molar-refractivity contribution < 1.29 is 14.2 Å². The molecule has 0 bridgehead atoms. The van der Waals surface area contributed by atoms with E-state index < -0.39 is 0 Å². The third-order valence-electron chi connectivity index (χ3n) is 2.02. The average Bonchev–Trinajstić information content (AvgIpc) is 2.23. The first-order valence-electron chi connectivity index (χ1n) is 5.03. The molecule has 0 N–H and O–H groups in total. The van der Waals surface area contributed by atoms with Crippen molar-refractivity contribution in [2.24, 2.45) is 0 Å². The van der Waals surface area contributed by atoms with Crippen molar-refractivity contribution in [1.82, 2.24) is 0 Å². The van der Waals surface area contributed by atoms with Gasteiger partial charge < -0.3 is 14.2 Å².